The van der Waals surface area contributed by atoms with Crippen molar-refractivity contribution in [2.45, 2.75) is 32.7 Å². The minimum absolute atomic E-state index is 0.110. The van der Waals surface area contributed by atoms with Gasteiger partial charge in [-0.3, -0.25) is 4.79 Å². The molecule has 1 amide bonds. The van der Waals surface area contributed by atoms with Gasteiger partial charge >= 0.3 is 0 Å². The van der Waals surface area contributed by atoms with Gasteiger partial charge in [0.25, 0.3) is 0 Å². The number of carbonyl (C=O) groups is 1. The first kappa shape index (κ1) is 11.7. The number of hydrogen-bond donors (Lipinski definition) is 2. The third kappa shape index (κ3) is 3.72. The van der Waals surface area contributed by atoms with E-state index in [0.29, 0.717) is 0 Å². The van der Waals surface area contributed by atoms with Crippen LogP contribution in [0.3, 0.4) is 0 Å². The van der Waals surface area contributed by atoms with Crippen LogP contribution in [0.1, 0.15) is 25.3 Å². The fourth-order valence-electron chi connectivity index (χ4n) is 1.31. The highest BCUT2D eigenvalue weighted by Crippen LogP contribution is 2.09. The van der Waals surface area contributed by atoms with Crippen molar-refractivity contribution in [1.29, 1.82) is 0 Å². The van der Waals surface area contributed by atoms with Crippen LogP contribution in [0.15, 0.2) is 24.3 Å². The summed E-state index contributed by atoms with van der Waals surface area (Å²) in [4.78, 5) is 11.6. The summed E-state index contributed by atoms with van der Waals surface area (Å²) in [7, 11) is 0. The van der Waals surface area contributed by atoms with Gasteiger partial charge in [-0.25, -0.2) is 0 Å². The molecule has 1 rings (SSSR count). The zero-order valence-corrected chi connectivity index (χ0v) is 9.29. The quantitative estimate of drug-likeness (QED) is 0.792. The molecule has 3 heteroatoms. The van der Waals surface area contributed by atoms with E-state index in [1.165, 1.54) is 5.56 Å². The van der Waals surface area contributed by atoms with Crippen molar-refractivity contribution in [3.05, 3.63) is 29.8 Å². The van der Waals surface area contributed by atoms with E-state index in [1.807, 2.05) is 38.1 Å². The smallest absolute Gasteiger partial charge is 0.241 e. The molecule has 82 valence electrons. The molecule has 0 aromatic heterocycles. The lowest BCUT2D eigenvalue weighted by molar-refractivity contribution is -0.117. The monoisotopic (exact) mass is 206 g/mol. The number of nitrogens with two attached hydrogens (primary N) is 1. The van der Waals surface area contributed by atoms with E-state index < -0.39 is 6.04 Å². The second kappa shape index (κ2) is 5.51. The molecule has 0 saturated heterocycles. The highest BCUT2D eigenvalue weighted by atomic mass is 16.2. The van der Waals surface area contributed by atoms with Gasteiger partial charge < -0.3 is 11.1 Å². The Morgan fingerprint density at radius 1 is 1.40 bits per heavy atom. The highest BCUT2D eigenvalue weighted by Gasteiger charge is 2.11. The largest absolute Gasteiger partial charge is 0.325 e. The summed E-state index contributed by atoms with van der Waals surface area (Å²) in [6.07, 6.45) is 1.64. The molecule has 0 unspecified atom stereocenters. The summed E-state index contributed by atoms with van der Waals surface area (Å²) in [5, 5.41) is 2.79. The van der Waals surface area contributed by atoms with Crippen molar-refractivity contribution in [3.63, 3.8) is 0 Å². The lowest BCUT2D eigenvalue weighted by atomic mass is 10.1. The Bertz CT molecular complexity index is 319. The molecule has 1 aromatic rings. The number of hydrogen-bond acceptors (Lipinski definition) is 2. The third-order valence-electron chi connectivity index (χ3n) is 2.26. The van der Waals surface area contributed by atoms with Crippen LogP contribution in [0.4, 0.5) is 5.69 Å². The molecular formula is C12H18N2O. The Balaban J connectivity index is 2.54. The first-order valence-electron chi connectivity index (χ1n) is 5.26. The van der Waals surface area contributed by atoms with Crippen LogP contribution in [0.5, 0.6) is 0 Å². The normalized spacial score (nSPS) is 12.2. The summed E-state index contributed by atoms with van der Waals surface area (Å²) >= 11 is 0. The number of carbonyl (C=O) groups excluding carboxylic acids is 1. The highest BCUT2D eigenvalue weighted by molar-refractivity contribution is 5.94. The Morgan fingerprint density at radius 3 is 2.53 bits per heavy atom. The van der Waals surface area contributed by atoms with Crippen molar-refractivity contribution < 1.29 is 4.79 Å². The fraction of sp³-hybridized carbons (Fsp3) is 0.417. The van der Waals surface area contributed by atoms with E-state index in [0.717, 1.165) is 18.5 Å². The average molecular weight is 206 g/mol. The molecule has 0 radical (unpaired) electrons. The Morgan fingerprint density at radius 2 is 2.00 bits per heavy atom. The minimum atomic E-state index is -0.406. The summed E-state index contributed by atoms with van der Waals surface area (Å²) in [6.45, 7) is 4.02. The van der Waals surface area contributed by atoms with Crippen LogP contribution in [0.25, 0.3) is 0 Å². The number of aryl methyl sites for hydroxylation is 1. The number of anilines is 1. The standard InChI is InChI=1S/C12H18N2O/c1-3-4-11(13)12(15)14-10-7-5-9(2)6-8-10/h5-8,11H,3-4,13H2,1-2H3,(H,14,15)/t11-/m0/s1. The van der Waals surface area contributed by atoms with E-state index in [1.54, 1.807) is 0 Å². The average Bonchev–Trinajstić information content (AvgIpc) is 2.22. The van der Waals surface area contributed by atoms with Crippen LogP contribution in [0.2, 0.25) is 0 Å². The van der Waals surface area contributed by atoms with Crippen molar-refractivity contribution >= 4 is 11.6 Å². The minimum Gasteiger partial charge on any atom is -0.325 e. The lowest BCUT2D eigenvalue weighted by Gasteiger charge is -2.11. The van der Waals surface area contributed by atoms with Gasteiger partial charge in [-0.2, -0.15) is 0 Å². The molecule has 15 heavy (non-hydrogen) atoms. The molecule has 1 atom stereocenters. The van der Waals surface area contributed by atoms with Crippen LogP contribution >= 0.6 is 0 Å². The first-order chi connectivity index (χ1) is 7.13. The van der Waals surface area contributed by atoms with E-state index in [-0.39, 0.29) is 5.91 Å². The van der Waals surface area contributed by atoms with Crippen LogP contribution in [-0.4, -0.2) is 11.9 Å². The van der Waals surface area contributed by atoms with Crippen LogP contribution in [-0.2, 0) is 4.79 Å². The van der Waals surface area contributed by atoms with Crippen LogP contribution in [0, 0.1) is 6.92 Å². The van der Waals surface area contributed by atoms with Crippen LogP contribution < -0.4 is 11.1 Å². The first-order valence-corrected chi connectivity index (χ1v) is 5.26. The maximum absolute atomic E-state index is 11.6. The van der Waals surface area contributed by atoms with Gasteiger partial charge in [0.1, 0.15) is 0 Å². The molecule has 3 nitrogen and oxygen atoms in total. The van der Waals surface area contributed by atoms with E-state index in [9.17, 15) is 4.79 Å². The Hall–Kier alpha value is -1.35. The molecule has 0 aliphatic heterocycles. The molecule has 0 saturated carbocycles. The third-order valence-corrected chi connectivity index (χ3v) is 2.26. The maximum atomic E-state index is 11.6. The zero-order chi connectivity index (χ0) is 11.3. The topological polar surface area (TPSA) is 55.1 Å². The van der Waals surface area contributed by atoms with E-state index in [2.05, 4.69) is 5.32 Å². The lowest BCUT2D eigenvalue weighted by Crippen LogP contribution is -2.35. The molecule has 0 aliphatic rings. The van der Waals surface area contributed by atoms with Gasteiger partial charge in [0.05, 0.1) is 6.04 Å². The fourth-order valence-corrected chi connectivity index (χ4v) is 1.31. The predicted molar refractivity (Wildman–Crippen MR) is 62.7 cm³/mol. The van der Waals surface area contributed by atoms with Gasteiger partial charge in [0.2, 0.25) is 5.91 Å². The van der Waals surface area contributed by atoms with Crippen molar-refractivity contribution in [2.75, 3.05) is 5.32 Å². The maximum Gasteiger partial charge on any atom is 0.241 e. The van der Waals surface area contributed by atoms with Gasteiger partial charge in [-0.05, 0) is 25.5 Å². The van der Waals surface area contributed by atoms with Crippen molar-refractivity contribution in [2.24, 2.45) is 5.73 Å². The van der Waals surface area contributed by atoms with Gasteiger partial charge in [0, 0.05) is 5.69 Å². The second-order valence-electron chi connectivity index (χ2n) is 3.75. The molecule has 0 aliphatic carbocycles. The van der Waals surface area contributed by atoms with E-state index >= 15 is 0 Å². The van der Waals surface area contributed by atoms with Crippen molar-refractivity contribution in [1.82, 2.24) is 0 Å². The molecule has 3 N–H and O–H groups in total. The summed E-state index contributed by atoms with van der Waals surface area (Å²) in [5.74, 6) is -0.110. The summed E-state index contributed by atoms with van der Waals surface area (Å²) < 4.78 is 0. The number of nitrogens with one attached hydrogen (secondary N) is 1. The molecule has 1 aromatic carbocycles. The Labute approximate surface area is 90.7 Å². The zero-order valence-electron chi connectivity index (χ0n) is 9.29. The van der Waals surface area contributed by atoms with Gasteiger partial charge in [-0.1, -0.05) is 31.0 Å². The van der Waals surface area contributed by atoms with Gasteiger partial charge in [-0.15, -0.1) is 0 Å². The van der Waals surface area contributed by atoms with E-state index in [4.69, 9.17) is 5.73 Å². The second-order valence-corrected chi connectivity index (χ2v) is 3.75. The predicted octanol–water partition coefficient (Wildman–Crippen LogP) is 2.06. The molecule has 0 bridgehead atoms. The SMILES string of the molecule is CCC[C@H](N)C(=O)Nc1ccc(C)cc1. The van der Waals surface area contributed by atoms with Gasteiger partial charge in [0.15, 0.2) is 0 Å². The van der Waals surface area contributed by atoms with Crippen molar-refractivity contribution in [3.8, 4) is 0 Å². The summed E-state index contributed by atoms with van der Waals surface area (Å²) in [6, 6.07) is 7.27. The molecule has 0 spiro atoms. The number of rotatable bonds is 4. The molecular weight excluding hydrogens is 188 g/mol. The molecule has 0 heterocycles. The summed E-state index contributed by atoms with van der Waals surface area (Å²) in [5.41, 5.74) is 7.67. The Kier molecular flexibility index (Phi) is 4.31. The number of amides is 1. The molecule has 0 fully saturated rings. The number of benzene rings is 1.